The highest BCUT2D eigenvalue weighted by Gasteiger charge is 2.27. The zero-order valence-corrected chi connectivity index (χ0v) is 17.7. The predicted molar refractivity (Wildman–Crippen MR) is 121 cm³/mol. The van der Waals surface area contributed by atoms with Gasteiger partial charge in [-0.3, -0.25) is 14.8 Å². The molecule has 1 unspecified atom stereocenters. The van der Waals surface area contributed by atoms with E-state index in [4.69, 9.17) is 4.74 Å². The van der Waals surface area contributed by atoms with Gasteiger partial charge < -0.3 is 9.84 Å². The number of benzene rings is 2. The Morgan fingerprint density at radius 1 is 1.03 bits per heavy atom. The van der Waals surface area contributed by atoms with Crippen LogP contribution in [-0.4, -0.2) is 58.8 Å². The molecule has 1 atom stereocenters. The van der Waals surface area contributed by atoms with E-state index < -0.39 is 0 Å². The lowest BCUT2D eigenvalue weighted by molar-refractivity contribution is 0.0501. The molecular formula is C25H31N3O2. The van der Waals surface area contributed by atoms with E-state index in [1.54, 1.807) is 0 Å². The number of piperazine rings is 1. The summed E-state index contributed by atoms with van der Waals surface area (Å²) in [5.74, 6) is 0.918. The van der Waals surface area contributed by atoms with Crippen LogP contribution in [0.25, 0.3) is 10.9 Å². The van der Waals surface area contributed by atoms with Gasteiger partial charge in [0.15, 0.2) is 0 Å². The molecule has 30 heavy (non-hydrogen) atoms. The first kappa shape index (κ1) is 20.8. The third-order valence-electron chi connectivity index (χ3n) is 5.88. The predicted octanol–water partition coefficient (Wildman–Crippen LogP) is 3.70. The first-order valence-corrected chi connectivity index (χ1v) is 10.9. The summed E-state index contributed by atoms with van der Waals surface area (Å²) < 4.78 is 5.55. The van der Waals surface area contributed by atoms with Crippen LogP contribution in [0.1, 0.15) is 24.5 Å². The molecule has 0 spiro atoms. The SMILES string of the molecule is CCOc1ccc(CN2CCN(Cc3cccc4cccnc34)CC2CCO)cc1. The summed E-state index contributed by atoms with van der Waals surface area (Å²) >= 11 is 0. The lowest BCUT2D eigenvalue weighted by Gasteiger charge is -2.41. The second kappa shape index (κ2) is 10.0. The number of nitrogens with zero attached hydrogens (tertiary/aromatic N) is 3. The molecule has 2 heterocycles. The largest absolute Gasteiger partial charge is 0.494 e. The van der Waals surface area contributed by atoms with E-state index in [2.05, 4.69) is 51.2 Å². The fourth-order valence-electron chi connectivity index (χ4n) is 4.36. The summed E-state index contributed by atoms with van der Waals surface area (Å²) in [6, 6.07) is 19.3. The van der Waals surface area contributed by atoms with E-state index >= 15 is 0 Å². The van der Waals surface area contributed by atoms with Gasteiger partial charge in [-0.1, -0.05) is 36.4 Å². The number of ether oxygens (including phenoxy) is 1. The quantitative estimate of drug-likeness (QED) is 0.619. The number of fused-ring (bicyclic) bond motifs is 1. The van der Waals surface area contributed by atoms with Gasteiger partial charge in [0.1, 0.15) is 5.75 Å². The number of aromatic nitrogens is 1. The fourth-order valence-corrected chi connectivity index (χ4v) is 4.36. The average Bonchev–Trinajstić information content (AvgIpc) is 2.77. The van der Waals surface area contributed by atoms with Gasteiger partial charge in [-0.05, 0) is 42.7 Å². The number of aliphatic hydroxyl groups is 1. The van der Waals surface area contributed by atoms with Gasteiger partial charge in [-0.15, -0.1) is 0 Å². The van der Waals surface area contributed by atoms with Crippen LogP contribution in [0.3, 0.4) is 0 Å². The van der Waals surface area contributed by atoms with E-state index in [0.29, 0.717) is 12.6 Å². The standard InChI is InChI=1S/C25H31N3O2/c1-2-30-24-10-8-20(9-11-24)17-28-15-14-27(19-23(28)12-16-29)18-22-6-3-5-21-7-4-13-26-25(21)22/h3-11,13,23,29H,2,12,14-19H2,1H3. The highest BCUT2D eigenvalue weighted by atomic mass is 16.5. The summed E-state index contributed by atoms with van der Waals surface area (Å²) in [6.45, 7) is 7.67. The van der Waals surface area contributed by atoms with Crippen molar-refractivity contribution in [2.75, 3.05) is 32.8 Å². The molecule has 1 aliphatic heterocycles. The minimum Gasteiger partial charge on any atom is -0.494 e. The molecule has 0 saturated carbocycles. The average molecular weight is 406 g/mol. The Kier molecular flexibility index (Phi) is 6.95. The van der Waals surface area contributed by atoms with Crippen LogP contribution in [-0.2, 0) is 13.1 Å². The van der Waals surface area contributed by atoms with Crippen molar-refractivity contribution < 1.29 is 9.84 Å². The Labute approximate surface area is 178 Å². The molecule has 0 amide bonds. The maximum atomic E-state index is 9.64. The summed E-state index contributed by atoms with van der Waals surface area (Å²) in [6.07, 6.45) is 2.66. The Hall–Kier alpha value is -2.47. The molecule has 1 aliphatic rings. The van der Waals surface area contributed by atoms with Crippen LogP contribution in [0.15, 0.2) is 60.8 Å². The lowest BCUT2D eigenvalue weighted by Crippen LogP contribution is -2.52. The number of aliphatic hydroxyl groups excluding tert-OH is 1. The van der Waals surface area contributed by atoms with Crippen LogP contribution in [0.5, 0.6) is 5.75 Å². The third-order valence-corrected chi connectivity index (χ3v) is 5.88. The second-order valence-corrected chi connectivity index (χ2v) is 7.94. The Morgan fingerprint density at radius 3 is 2.67 bits per heavy atom. The van der Waals surface area contributed by atoms with Gasteiger partial charge in [-0.2, -0.15) is 0 Å². The molecular weight excluding hydrogens is 374 g/mol. The smallest absolute Gasteiger partial charge is 0.119 e. The number of hydrogen-bond donors (Lipinski definition) is 1. The first-order valence-electron chi connectivity index (χ1n) is 10.9. The lowest BCUT2D eigenvalue weighted by atomic mass is 10.0. The van der Waals surface area contributed by atoms with E-state index in [9.17, 15) is 5.11 Å². The first-order chi connectivity index (χ1) is 14.8. The summed E-state index contributed by atoms with van der Waals surface area (Å²) in [7, 11) is 0. The van der Waals surface area contributed by atoms with Crippen LogP contribution < -0.4 is 4.74 Å². The second-order valence-electron chi connectivity index (χ2n) is 7.94. The molecule has 1 saturated heterocycles. The molecule has 2 aromatic carbocycles. The van der Waals surface area contributed by atoms with Crippen LogP contribution in [0.2, 0.25) is 0 Å². The van der Waals surface area contributed by atoms with Gasteiger partial charge in [0.2, 0.25) is 0 Å². The van der Waals surface area contributed by atoms with Crippen molar-refractivity contribution in [3.8, 4) is 5.75 Å². The maximum Gasteiger partial charge on any atom is 0.119 e. The van der Waals surface area contributed by atoms with Crippen molar-refractivity contribution in [2.24, 2.45) is 0 Å². The Morgan fingerprint density at radius 2 is 1.87 bits per heavy atom. The molecule has 1 N–H and O–H groups in total. The molecule has 4 rings (SSSR count). The number of rotatable bonds is 8. The van der Waals surface area contributed by atoms with Crippen molar-refractivity contribution in [2.45, 2.75) is 32.5 Å². The minimum atomic E-state index is 0.216. The van der Waals surface area contributed by atoms with Crippen molar-refractivity contribution in [1.29, 1.82) is 0 Å². The van der Waals surface area contributed by atoms with Crippen LogP contribution >= 0.6 is 0 Å². The summed E-state index contributed by atoms with van der Waals surface area (Å²) in [4.78, 5) is 9.61. The molecule has 3 aromatic rings. The normalized spacial score (nSPS) is 18.0. The fraction of sp³-hybridized carbons (Fsp3) is 0.400. The van der Waals surface area contributed by atoms with Crippen molar-refractivity contribution >= 4 is 10.9 Å². The highest BCUT2D eigenvalue weighted by Crippen LogP contribution is 2.22. The van der Waals surface area contributed by atoms with Gasteiger partial charge in [-0.25, -0.2) is 0 Å². The number of pyridine rings is 1. The van der Waals surface area contributed by atoms with Crippen molar-refractivity contribution in [3.05, 3.63) is 71.9 Å². The summed E-state index contributed by atoms with van der Waals surface area (Å²) in [5, 5.41) is 10.8. The van der Waals surface area contributed by atoms with Gasteiger partial charge in [0.05, 0.1) is 12.1 Å². The van der Waals surface area contributed by atoms with E-state index in [1.807, 2.05) is 31.3 Å². The van der Waals surface area contributed by atoms with Crippen molar-refractivity contribution in [1.82, 2.24) is 14.8 Å². The Bertz CT molecular complexity index is 939. The Balaban J connectivity index is 1.42. The molecule has 1 aromatic heterocycles. The van der Waals surface area contributed by atoms with Crippen LogP contribution in [0, 0.1) is 0 Å². The summed E-state index contributed by atoms with van der Waals surface area (Å²) in [5.41, 5.74) is 3.65. The molecule has 5 heteroatoms. The monoisotopic (exact) mass is 405 g/mol. The molecule has 0 bridgehead atoms. The molecule has 0 radical (unpaired) electrons. The zero-order chi connectivity index (χ0) is 20.8. The molecule has 0 aliphatic carbocycles. The highest BCUT2D eigenvalue weighted by molar-refractivity contribution is 5.81. The van der Waals surface area contributed by atoms with E-state index in [1.165, 1.54) is 16.5 Å². The number of hydrogen-bond acceptors (Lipinski definition) is 5. The molecule has 5 nitrogen and oxygen atoms in total. The number of para-hydroxylation sites is 1. The molecule has 158 valence electrons. The topological polar surface area (TPSA) is 48.8 Å². The van der Waals surface area contributed by atoms with Crippen molar-refractivity contribution in [3.63, 3.8) is 0 Å². The third kappa shape index (κ3) is 4.98. The van der Waals surface area contributed by atoms with Gasteiger partial charge in [0, 0.05) is 57.0 Å². The van der Waals surface area contributed by atoms with Crippen LogP contribution in [0.4, 0.5) is 0 Å². The van der Waals surface area contributed by atoms with Gasteiger partial charge in [0.25, 0.3) is 0 Å². The van der Waals surface area contributed by atoms with Gasteiger partial charge >= 0.3 is 0 Å². The minimum absolute atomic E-state index is 0.216. The molecule has 1 fully saturated rings. The van der Waals surface area contributed by atoms with E-state index in [0.717, 1.165) is 50.4 Å². The zero-order valence-electron chi connectivity index (χ0n) is 17.7. The van der Waals surface area contributed by atoms with E-state index in [-0.39, 0.29) is 6.61 Å². The maximum absolute atomic E-state index is 9.64.